The van der Waals surface area contributed by atoms with Crippen molar-refractivity contribution >= 4 is 5.82 Å². The summed E-state index contributed by atoms with van der Waals surface area (Å²) in [5.41, 5.74) is -1.02. The molecule has 2 bridgehead atoms. The molecule has 92 valence electrons. The van der Waals surface area contributed by atoms with Crippen molar-refractivity contribution in [2.75, 3.05) is 11.9 Å². The molecule has 0 saturated heterocycles. The number of hydrogen-bond donors (Lipinski definition) is 3. The Morgan fingerprint density at radius 2 is 2.18 bits per heavy atom. The second kappa shape index (κ2) is 4.01. The van der Waals surface area contributed by atoms with E-state index in [2.05, 4.69) is 20.5 Å². The minimum Gasteiger partial charge on any atom is -0.364 e. The number of anilines is 1. The standard InChI is InChI=1S/C11H16N4O2/c16-10-9(14-15-11(17)13-10)12-5-8-4-6-1-2-7(8)3-6/h6-8H,1-5H2,(H,12,14)(H2,13,15,16,17). The molecule has 3 rings (SSSR count). The summed E-state index contributed by atoms with van der Waals surface area (Å²) in [4.78, 5) is 24.4. The quantitative estimate of drug-likeness (QED) is 0.704. The van der Waals surface area contributed by atoms with Gasteiger partial charge in [-0.25, -0.2) is 9.89 Å². The van der Waals surface area contributed by atoms with Gasteiger partial charge < -0.3 is 5.32 Å². The zero-order valence-corrected chi connectivity index (χ0v) is 9.53. The molecule has 1 aromatic rings. The molecule has 0 amide bonds. The van der Waals surface area contributed by atoms with Crippen LogP contribution in [0.4, 0.5) is 5.82 Å². The van der Waals surface area contributed by atoms with Gasteiger partial charge in [0.25, 0.3) is 5.56 Å². The number of fused-ring (bicyclic) bond motifs is 2. The summed E-state index contributed by atoms with van der Waals surface area (Å²) >= 11 is 0. The molecule has 1 aromatic heterocycles. The van der Waals surface area contributed by atoms with Gasteiger partial charge in [0.15, 0.2) is 0 Å². The van der Waals surface area contributed by atoms with Gasteiger partial charge in [-0.1, -0.05) is 6.42 Å². The van der Waals surface area contributed by atoms with Crippen molar-refractivity contribution < 1.29 is 0 Å². The van der Waals surface area contributed by atoms with Gasteiger partial charge in [0.2, 0.25) is 5.82 Å². The lowest BCUT2D eigenvalue weighted by Crippen LogP contribution is -2.29. The van der Waals surface area contributed by atoms with E-state index in [1.165, 1.54) is 25.7 Å². The van der Waals surface area contributed by atoms with Crippen LogP contribution in [0.15, 0.2) is 9.59 Å². The summed E-state index contributed by atoms with van der Waals surface area (Å²) in [6, 6.07) is 0. The third-order valence-electron chi connectivity index (χ3n) is 4.13. The number of H-pyrrole nitrogens is 2. The Morgan fingerprint density at radius 1 is 1.29 bits per heavy atom. The molecule has 3 atom stereocenters. The summed E-state index contributed by atoms with van der Waals surface area (Å²) < 4.78 is 0. The van der Waals surface area contributed by atoms with Crippen molar-refractivity contribution in [3.8, 4) is 0 Å². The highest BCUT2D eigenvalue weighted by atomic mass is 16.2. The third-order valence-corrected chi connectivity index (χ3v) is 4.13. The van der Waals surface area contributed by atoms with Crippen LogP contribution in [-0.2, 0) is 0 Å². The fourth-order valence-electron chi connectivity index (χ4n) is 3.32. The zero-order chi connectivity index (χ0) is 11.8. The molecule has 3 N–H and O–H groups in total. The molecule has 2 aliphatic carbocycles. The fourth-order valence-corrected chi connectivity index (χ4v) is 3.32. The van der Waals surface area contributed by atoms with Crippen molar-refractivity contribution in [1.82, 2.24) is 15.2 Å². The Kier molecular flexibility index (Phi) is 2.49. The zero-order valence-electron chi connectivity index (χ0n) is 9.53. The lowest BCUT2D eigenvalue weighted by molar-refractivity contribution is 0.348. The van der Waals surface area contributed by atoms with Crippen molar-refractivity contribution in [1.29, 1.82) is 0 Å². The predicted octanol–water partition coefficient (Wildman–Crippen LogP) is 0.306. The van der Waals surface area contributed by atoms with Crippen LogP contribution < -0.4 is 16.6 Å². The van der Waals surface area contributed by atoms with Crippen LogP contribution >= 0.6 is 0 Å². The largest absolute Gasteiger partial charge is 0.364 e. The summed E-state index contributed by atoms with van der Waals surface area (Å²) in [5.74, 6) is 2.58. The SMILES string of the molecule is O=c1[nH]nc(NCC2CC3CCC2C3)c(=O)[nH]1. The van der Waals surface area contributed by atoms with E-state index in [4.69, 9.17) is 0 Å². The van der Waals surface area contributed by atoms with Crippen molar-refractivity contribution in [2.45, 2.75) is 25.7 Å². The maximum Gasteiger partial charge on any atom is 0.342 e. The van der Waals surface area contributed by atoms with E-state index >= 15 is 0 Å². The minimum absolute atomic E-state index is 0.215. The highest BCUT2D eigenvalue weighted by Gasteiger charge is 2.39. The van der Waals surface area contributed by atoms with E-state index < -0.39 is 11.2 Å². The highest BCUT2D eigenvalue weighted by molar-refractivity contribution is 5.28. The van der Waals surface area contributed by atoms with Crippen LogP contribution in [-0.4, -0.2) is 21.7 Å². The topological polar surface area (TPSA) is 90.6 Å². The second-order valence-corrected chi connectivity index (χ2v) is 5.17. The van der Waals surface area contributed by atoms with Crippen LogP contribution in [0.5, 0.6) is 0 Å². The molecule has 2 aliphatic rings. The first-order valence-corrected chi connectivity index (χ1v) is 6.15. The van der Waals surface area contributed by atoms with E-state index in [1.807, 2.05) is 0 Å². The lowest BCUT2D eigenvalue weighted by atomic mass is 9.89. The number of rotatable bonds is 3. The van der Waals surface area contributed by atoms with Gasteiger partial charge in [-0.3, -0.25) is 9.78 Å². The highest BCUT2D eigenvalue weighted by Crippen LogP contribution is 2.48. The Balaban J connectivity index is 1.64. The number of nitrogens with zero attached hydrogens (tertiary/aromatic N) is 1. The molecule has 0 aromatic carbocycles. The smallest absolute Gasteiger partial charge is 0.342 e. The van der Waals surface area contributed by atoms with Crippen LogP contribution in [0.1, 0.15) is 25.7 Å². The van der Waals surface area contributed by atoms with Gasteiger partial charge in [-0.05, 0) is 37.0 Å². The molecule has 6 nitrogen and oxygen atoms in total. The second-order valence-electron chi connectivity index (χ2n) is 5.17. The third kappa shape index (κ3) is 1.99. The summed E-state index contributed by atoms with van der Waals surface area (Å²) in [7, 11) is 0. The number of hydrogen-bond acceptors (Lipinski definition) is 4. The molecule has 3 unspecified atom stereocenters. The Hall–Kier alpha value is -1.59. The molecule has 0 spiro atoms. The maximum atomic E-state index is 11.4. The van der Waals surface area contributed by atoms with Crippen molar-refractivity contribution in [2.24, 2.45) is 17.8 Å². The molecular formula is C11H16N4O2. The van der Waals surface area contributed by atoms with Gasteiger partial charge >= 0.3 is 5.69 Å². The van der Waals surface area contributed by atoms with Crippen LogP contribution in [0.2, 0.25) is 0 Å². The average Bonchev–Trinajstić information content (AvgIpc) is 2.89. The first-order valence-electron chi connectivity index (χ1n) is 6.15. The molecule has 6 heteroatoms. The van der Waals surface area contributed by atoms with E-state index in [0.717, 1.165) is 18.4 Å². The number of nitrogens with one attached hydrogen (secondary N) is 3. The summed E-state index contributed by atoms with van der Waals surface area (Å²) in [6.07, 6.45) is 5.31. The van der Waals surface area contributed by atoms with Crippen LogP contribution in [0, 0.1) is 17.8 Å². The number of aromatic nitrogens is 3. The van der Waals surface area contributed by atoms with E-state index in [1.54, 1.807) is 0 Å². The maximum absolute atomic E-state index is 11.4. The molecular weight excluding hydrogens is 220 g/mol. The summed E-state index contributed by atoms with van der Waals surface area (Å²) in [5, 5.41) is 8.98. The molecule has 2 fully saturated rings. The van der Waals surface area contributed by atoms with E-state index in [-0.39, 0.29) is 5.82 Å². The van der Waals surface area contributed by atoms with Gasteiger partial charge in [0.05, 0.1) is 0 Å². The van der Waals surface area contributed by atoms with E-state index in [9.17, 15) is 9.59 Å². The first kappa shape index (κ1) is 10.6. The Labute approximate surface area is 97.8 Å². The van der Waals surface area contributed by atoms with Crippen molar-refractivity contribution in [3.05, 3.63) is 20.8 Å². The molecule has 1 heterocycles. The molecule has 0 radical (unpaired) electrons. The van der Waals surface area contributed by atoms with Gasteiger partial charge in [-0.15, -0.1) is 5.10 Å². The monoisotopic (exact) mass is 236 g/mol. The van der Waals surface area contributed by atoms with E-state index in [0.29, 0.717) is 5.92 Å². The van der Waals surface area contributed by atoms with Gasteiger partial charge in [0.1, 0.15) is 0 Å². The van der Waals surface area contributed by atoms with Crippen LogP contribution in [0.25, 0.3) is 0 Å². The lowest BCUT2D eigenvalue weighted by Gasteiger charge is -2.21. The number of aromatic amines is 2. The molecule has 2 saturated carbocycles. The van der Waals surface area contributed by atoms with Crippen LogP contribution in [0.3, 0.4) is 0 Å². The Bertz CT molecular complexity index is 521. The van der Waals surface area contributed by atoms with Gasteiger partial charge in [-0.2, -0.15) is 0 Å². The molecule has 17 heavy (non-hydrogen) atoms. The van der Waals surface area contributed by atoms with Gasteiger partial charge in [0, 0.05) is 6.54 Å². The first-order chi connectivity index (χ1) is 8.22. The van der Waals surface area contributed by atoms with Crippen molar-refractivity contribution in [3.63, 3.8) is 0 Å². The minimum atomic E-state index is -0.569. The normalized spacial score (nSPS) is 30.7. The Morgan fingerprint density at radius 3 is 2.82 bits per heavy atom. The molecule has 0 aliphatic heterocycles. The average molecular weight is 236 g/mol. The predicted molar refractivity (Wildman–Crippen MR) is 62.9 cm³/mol. The summed E-state index contributed by atoms with van der Waals surface area (Å²) in [6.45, 7) is 0.781. The fraction of sp³-hybridized carbons (Fsp3) is 0.727.